The number of nitrogens with one attached hydrogen (secondary N) is 2. The van der Waals surface area contributed by atoms with E-state index >= 15 is 0 Å². The molecule has 2 heterocycles. The van der Waals surface area contributed by atoms with Crippen molar-refractivity contribution in [1.29, 1.82) is 0 Å². The number of rotatable bonds is 13. The van der Waals surface area contributed by atoms with Crippen LogP contribution in [0, 0.1) is 6.92 Å². The van der Waals surface area contributed by atoms with Gasteiger partial charge in [-0.15, -0.1) is 0 Å². The van der Waals surface area contributed by atoms with Crippen molar-refractivity contribution < 1.29 is 17.9 Å². The highest BCUT2D eigenvalue weighted by atomic mass is 32.2. The normalized spacial score (nSPS) is 14.3. The van der Waals surface area contributed by atoms with Gasteiger partial charge < -0.3 is 25.0 Å². The van der Waals surface area contributed by atoms with Gasteiger partial charge >= 0.3 is 0 Å². The summed E-state index contributed by atoms with van der Waals surface area (Å²) in [6.45, 7) is 7.84. The monoisotopic (exact) mass is 477 g/mol. The van der Waals surface area contributed by atoms with Crippen molar-refractivity contribution in [3.63, 3.8) is 0 Å². The molecule has 1 aromatic heterocycles. The molecule has 0 amide bonds. The molecule has 0 bridgehead atoms. The SMILES string of the molecule is CCS(=O)(=O)CCNc1cc(C)nc(Nc2ccc(OC)c(OCCCN3CCCC3)c2)n1. The Morgan fingerprint density at radius 3 is 2.64 bits per heavy atom. The highest BCUT2D eigenvalue weighted by Crippen LogP contribution is 2.31. The lowest BCUT2D eigenvalue weighted by Gasteiger charge is -2.16. The topological polar surface area (TPSA) is 106 Å². The molecule has 1 aliphatic rings. The van der Waals surface area contributed by atoms with Crippen LogP contribution in [0.5, 0.6) is 11.5 Å². The Hall–Kier alpha value is -2.59. The van der Waals surface area contributed by atoms with Gasteiger partial charge in [-0.25, -0.2) is 13.4 Å². The molecule has 1 aromatic carbocycles. The fraction of sp³-hybridized carbons (Fsp3) is 0.565. The molecule has 3 rings (SSSR count). The molecule has 9 nitrogen and oxygen atoms in total. The van der Waals surface area contributed by atoms with Crippen molar-refractivity contribution in [2.24, 2.45) is 0 Å². The molecular weight excluding hydrogens is 442 g/mol. The van der Waals surface area contributed by atoms with Crippen molar-refractivity contribution in [1.82, 2.24) is 14.9 Å². The summed E-state index contributed by atoms with van der Waals surface area (Å²) in [5.41, 5.74) is 1.54. The lowest BCUT2D eigenvalue weighted by molar-refractivity contribution is 0.254. The molecule has 0 spiro atoms. The second-order valence-electron chi connectivity index (χ2n) is 8.12. The third kappa shape index (κ3) is 8.04. The second-order valence-corrected chi connectivity index (χ2v) is 10.6. The van der Waals surface area contributed by atoms with Crippen LogP contribution in [0.1, 0.15) is 31.9 Å². The minimum absolute atomic E-state index is 0.0618. The predicted molar refractivity (Wildman–Crippen MR) is 132 cm³/mol. The Morgan fingerprint density at radius 2 is 1.91 bits per heavy atom. The zero-order valence-corrected chi connectivity index (χ0v) is 20.6. The molecule has 0 unspecified atom stereocenters. The first-order valence-electron chi connectivity index (χ1n) is 11.5. The van der Waals surface area contributed by atoms with Crippen molar-refractivity contribution >= 4 is 27.3 Å². The smallest absolute Gasteiger partial charge is 0.229 e. The second kappa shape index (κ2) is 12.0. The fourth-order valence-corrected chi connectivity index (χ4v) is 4.37. The van der Waals surface area contributed by atoms with Crippen LogP contribution in [0.4, 0.5) is 17.5 Å². The van der Waals surface area contributed by atoms with Gasteiger partial charge in [0.15, 0.2) is 21.3 Å². The minimum Gasteiger partial charge on any atom is -0.493 e. The van der Waals surface area contributed by atoms with E-state index in [1.165, 1.54) is 25.9 Å². The highest BCUT2D eigenvalue weighted by Gasteiger charge is 2.12. The largest absolute Gasteiger partial charge is 0.493 e. The van der Waals surface area contributed by atoms with Gasteiger partial charge in [-0.3, -0.25) is 0 Å². The van der Waals surface area contributed by atoms with Gasteiger partial charge in [-0.1, -0.05) is 6.92 Å². The van der Waals surface area contributed by atoms with Crippen LogP contribution in [0.3, 0.4) is 0 Å². The van der Waals surface area contributed by atoms with Crippen LogP contribution in [0.2, 0.25) is 0 Å². The van der Waals surface area contributed by atoms with E-state index < -0.39 is 9.84 Å². The van der Waals surface area contributed by atoms with E-state index in [1.54, 1.807) is 20.1 Å². The number of methoxy groups -OCH3 is 1. The van der Waals surface area contributed by atoms with Crippen LogP contribution in [-0.4, -0.2) is 74.7 Å². The van der Waals surface area contributed by atoms with E-state index in [1.807, 2.05) is 25.1 Å². The van der Waals surface area contributed by atoms with Crippen molar-refractivity contribution in [2.75, 3.05) is 62.0 Å². The molecule has 10 heteroatoms. The third-order valence-electron chi connectivity index (χ3n) is 5.51. The van der Waals surface area contributed by atoms with E-state index in [-0.39, 0.29) is 11.5 Å². The summed E-state index contributed by atoms with van der Waals surface area (Å²) >= 11 is 0. The molecule has 182 valence electrons. The molecule has 1 saturated heterocycles. The summed E-state index contributed by atoms with van der Waals surface area (Å²) in [4.78, 5) is 11.4. The summed E-state index contributed by atoms with van der Waals surface area (Å²) in [5.74, 6) is 2.52. The number of anilines is 3. The molecule has 0 aliphatic carbocycles. The van der Waals surface area contributed by atoms with E-state index in [2.05, 4.69) is 25.5 Å². The van der Waals surface area contributed by atoms with Crippen molar-refractivity contribution in [3.8, 4) is 11.5 Å². The quantitative estimate of drug-likeness (QED) is 0.421. The van der Waals surface area contributed by atoms with Gasteiger partial charge in [0, 0.05) is 42.4 Å². The lowest BCUT2D eigenvalue weighted by Crippen LogP contribution is -2.21. The lowest BCUT2D eigenvalue weighted by atomic mass is 10.2. The first kappa shape index (κ1) is 25.0. The maximum absolute atomic E-state index is 11.7. The zero-order valence-electron chi connectivity index (χ0n) is 19.8. The standard InChI is InChI=1S/C23H35N5O4S/c1-4-33(29,30)15-10-24-22-16-18(2)25-23(27-22)26-19-8-9-20(31-3)21(17-19)32-14-7-13-28-11-5-6-12-28/h8-9,16-17H,4-7,10-15H2,1-3H3,(H2,24,25,26,27). The van der Waals surface area contributed by atoms with Crippen molar-refractivity contribution in [2.45, 2.75) is 33.1 Å². The fourth-order valence-electron chi connectivity index (χ4n) is 3.67. The first-order valence-corrected chi connectivity index (χ1v) is 13.3. The van der Waals surface area contributed by atoms with Gasteiger partial charge in [0.2, 0.25) is 5.95 Å². The number of hydrogen-bond acceptors (Lipinski definition) is 9. The molecular formula is C23H35N5O4S. The maximum atomic E-state index is 11.7. The number of aryl methyl sites for hydroxylation is 1. The molecule has 33 heavy (non-hydrogen) atoms. The van der Waals surface area contributed by atoms with Gasteiger partial charge in [0.25, 0.3) is 0 Å². The molecule has 0 atom stereocenters. The Morgan fingerprint density at radius 1 is 1.12 bits per heavy atom. The molecule has 1 fully saturated rings. The average Bonchev–Trinajstić information content (AvgIpc) is 3.30. The van der Waals surface area contributed by atoms with Crippen LogP contribution in [0.25, 0.3) is 0 Å². The summed E-state index contributed by atoms with van der Waals surface area (Å²) in [7, 11) is -1.41. The number of ether oxygens (including phenoxy) is 2. The van der Waals surface area contributed by atoms with Crippen LogP contribution >= 0.6 is 0 Å². The number of sulfone groups is 1. The average molecular weight is 478 g/mol. The minimum atomic E-state index is -3.03. The van der Waals surface area contributed by atoms with E-state index in [0.29, 0.717) is 36.4 Å². The third-order valence-corrected chi connectivity index (χ3v) is 7.21. The van der Waals surface area contributed by atoms with Gasteiger partial charge in [0.1, 0.15) is 5.82 Å². The molecule has 2 N–H and O–H groups in total. The van der Waals surface area contributed by atoms with Crippen molar-refractivity contribution in [3.05, 3.63) is 30.0 Å². The van der Waals surface area contributed by atoms with E-state index in [4.69, 9.17) is 9.47 Å². The molecule has 0 radical (unpaired) electrons. The molecule has 0 saturated carbocycles. The zero-order chi connectivity index (χ0) is 23.7. The highest BCUT2D eigenvalue weighted by molar-refractivity contribution is 7.91. The summed E-state index contributed by atoms with van der Waals surface area (Å²) in [5, 5.41) is 6.28. The Kier molecular flexibility index (Phi) is 9.13. The van der Waals surface area contributed by atoms with Crippen LogP contribution in [0.15, 0.2) is 24.3 Å². The Bertz CT molecular complexity index is 1010. The number of benzene rings is 1. The van der Waals surface area contributed by atoms with Gasteiger partial charge in [-0.2, -0.15) is 4.98 Å². The Labute approximate surface area is 196 Å². The number of likely N-dealkylation sites (tertiary alicyclic amines) is 1. The van der Waals surface area contributed by atoms with Gasteiger partial charge in [-0.05, 0) is 51.4 Å². The Balaban J connectivity index is 1.60. The van der Waals surface area contributed by atoms with Crippen LogP contribution in [-0.2, 0) is 9.84 Å². The summed E-state index contributed by atoms with van der Waals surface area (Å²) in [6.07, 6.45) is 3.54. The summed E-state index contributed by atoms with van der Waals surface area (Å²) in [6, 6.07) is 7.39. The number of aromatic nitrogens is 2. The molecule has 1 aliphatic heterocycles. The predicted octanol–water partition coefficient (Wildman–Crippen LogP) is 3.25. The first-order chi connectivity index (χ1) is 15.9. The maximum Gasteiger partial charge on any atom is 0.229 e. The molecule has 2 aromatic rings. The number of nitrogens with zero attached hydrogens (tertiary/aromatic N) is 3. The summed E-state index contributed by atoms with van der Waals surface area (Å²) < 4.78 is 34.9. The number of hydrogen-bond donors (Lipinski definition) is 2. The van der Waals surface area contributed by atoms with E-state index in [9.17, 15) is 8.42 Å². The van der Waals surface area contributed by atoms with Gasteiger partial charge in [0.05, 0.1) is 19.5 Å². The van der Waals surface area contributed by atoms with Crippen LogP contribution < -0.4 is 20.1 Å². The van der Waals surface area contributed by atoms with E-state index in [0.717, 1.165) is 24.3 Å².